The Hall–Kier alpha value is -4.35. The van der Waals surface area contributed by atoms with Gasteiger partial charge < -0.3 is 19.3 Å². The molecular weight excluding hydrogens is 481 g/mol. The fourth-order valence-electron chi connectivity index (χ4n) is 4.21. The maximum absolute atomic E-state index is 13.1. The van der Waals surface area contributed by atoms with Crippen molar-refractivity contribution in [1.82, 2.24) is 14.5 Å². The van der Waals surface area contributed by atoms with Gasteiger partial charge in [0.25, 0.3) is 5.91 Å². The van der Waals surface area contributed by atoms with Crippen LogP contribution in [0.15, 0.2) is 55.1 Å². The smallest absolute Gasteiger partial charge is 0.449 e. The number of halogens is 3. The molecule has 3 aromatic rings. The number of alkyl halides is 3. The summed E-state index contributed by atoms with van der Waals surface area (Å²) >= 11 is 0. The quantitative estimate of drug-likeness (QED) is 0.297. The minimum Gasteiger partial charge on any atom is -0.449 e. The maximum Gasteiger partial charge on any atom is 0.511 e. The van der Waals surface area contributed by atoms with E-state index in [1.807, 2.05) is 0 Å². The molecule has 1 aliphatic heterocycles. The molecule has 0 spiro atoms. The van der Waals surface area contributed by atoms with Crippen molar-refractivity contribution in [2.24, 2.45) is 0 Å². The van der Waals surface area contributed by atoms with Crippen molar-refractivity contribution < 1.29 is 37.4 Å². The van der Waals surface area contributed by atoms with Gasteiger partial charge in [-0.15, -0.1) is 0 Å². The number of likely N-dealkylation sites (tertiary alicyclic amines) is 1. The second-order valence-corrected chi connectivity index (χ2v) is 8.14. The van der Waals surface area contributed by atoms with Crippen molar-refractivity contribution in [3.63, 3.8) is 0 Å². The number of nitrogens with zero attached hydrogens (tertiary/aromatic N) is 3. The molecule has 36 heavy (non-hydrogen) atoms. The first kappa shape index (κ1) is 24.8. The van der Waals surface area contributed by atoms with Crippen molar-refractivity contribution in [3.05, 3.63) is 66.2 Å². The van der Waals surface area contributed by atoms with E-state index in [9.17, 15) is 27.6 Å². The number of fused-ring (bicyclic) bond motifs is 1. The lowest BCUT2D eigenvalue weighted by Gasteiger charge is -2.33. The lowest BCUT2D eigenvalue weighted by molar-refractivity contribution is -0.137. The maximum atomic E-state index is 13.1. The predicted molar refractivity (Wildman–Crippen MR) is 123 cm³/mol. The molecule has 9 nitrogen and oxygen atoms in total. The van der Waals surface area contributed by atoms with Crippen LogP contribution in [0.3, 0.4) is 0 Å². The SMILES string of the molecule is C=CC(=O)N1CCC[C@@H](n2c(NC(=O)c3cccc(C(F)(F)F)c3)nc3cc(OC(=O)O)ccc32)C1. The normalized spacial score (nSPS) is 16.0. The highest BCUT2D eigenvalue weighted by atomic mass is 19.4. The summed E-state index contributed by atoms with van der Waals surface area (Å²) in [6.45, 7) is 4.32. The zero-order valence-electron chi connectivity index (χ0n) is 18.8. The van der Waals surface area contributed by atoms with Crippen LogP contribution in [0.4, 0.5) is 23.9 Å². The molecule has 0 radical (unpaired) electrons. The van der Waals surface area contributed by atoms with Crippen LogP contribution in [-0.2, 0) is 11.0 Å². The van der Waals surface area contributed by atoms with Gasteiger partial charge in [0.15, 0.2) is 0 Å². The average Bonchev–Trinajstić information content (AvgIpc) is 3.19. The van der Waals surface area contributed by atoms with Crippen molar-refractivity contribution >= 4 is 35.0 Å². The predicted octanol–water partition coefficient (Wildman–Crippen LogP) is 4.71. The van der Waals surface area contributed by atoms with Gasteiger partial charge in [-0.3, -0.25) is 14.9 Å². The molecule has 0 aliphatic carbocycles. The molecule has 1 fully saturated rings. The Morgan fingerprint density at radius 1 is 1.19 bits per heavy atom. The number of aromatic nitrogens is 2. The van der Waals surface area contributed by atoms with Gasteiger partial charge in [-0.2, -0.15) is 13.2 Å². The van der Waals surface area contributed by atoms with Gasteiger partial charge in [0, 0.05) is 24.7 Å². The largest absolute Gasteiger partial charge is 0.511 e. The molecule has 1 aromatic heterocycles. The lowest BCUT2D eigenvalue weighted by Crippen LogP contribution is -2.40. The van der Waals surface area contributed by atoms with E-state index < -0.39 is 23.8 Å². The molecule has 2 N–H and O–H groups in total. The third kappa shape index (κ3) is 5.16. The Morgan fingerprint density at radius 3 is 2.67 bits per heavy atom. The van der Waals surface area contributed by atoms with Gasteiger partial charge in [-0.05, 0) is 49.2 Å². The number of carbonyl (C=O) groups is 3. The van der Waals surface area contributed by atoms with Crippen molar-refractivity contribution in [3.8, 4) is 5.75 Å². The number of amides is 2. The minimum atomic E-state index is -4.62. The molecule has 12 heteroatoms. The molecule has 0 saturated carbocycles. The Labute approximate surface area is 202 Å². The molecule has 188 valence electrons. The number of hydrogen-bond acceptors (Lipinski definition) is 5. The number of rotatable bonds is 5. The standard InChI is InChI=1S/C24H21F3N4O5/c1-2-20(32)30-10-4-7-16(13-30)31-19-9-8-17(36-23(34)35)12-18(19)28-22(31)29-21(33)14-5-3-6-15(11-14)24(25,26)27/h2-3,5-6,8-9,11-12,16H,1,4,7,10,13H2,(H,34,35)(H,28,29,33)/t16-/m1/s1. The highest BCUT2D eigenvalue weighted by Gasteiger charge is 2.31. The molecule has 1 saturated heterocycles. The van der Waals surface area contributed by atoms with E-state index in [2.05, 4.69) is 21.6 Å². The lowest BCUT2D eigenvalue weighted by atomic mass is 10.0. The first-order chi connectivity index (χ1) is 17.1. The summed E-state index contributed by atoms with van der Waals surface area (Å²) in [5, 5.41) is 11.5. The Kier molecular flexibility index (Phi) is 6.69. The highest BCUT2D eigenvalue weighted by molar-refractivity contribution is 6.04. The van der Waals surface area contributed by atoms with E-state index in [0.717, 1.165) is 18.2 Å². The molecule has 2 aromatic carbocycles. The van der Waals surface area contributed by atoms with E-state index in [0.29, 0.717) is 30.4 Å². The van der Waals surface area contributed by atoms with Crippen LogP contribution in [0.25, 0.3) is 11.0 Å². The fraction of sp³-hybridized carbons (Fsp3) is 0.250. The first-order valence-corrected chi connectivity index (χ1v) is 10.9. The molecule has 2 amide bonds. The van der Waals surface area contributed by atoms with Crippen LogP contribution >= 0.6 is 0 Å². The molecular formula is C24H21F3N4O5. The van der Waals surface area contributed by atoms with E-state index in [1.165, 1.54) is 24.3 Å². The van der Waals surface area contributed by atoms with Gasteiger partial charge in [-0.1, -0.05) is 12.6 Å². The van der Waals surface area contributed by atoms with Crippen LogP contribution in [0.1, 0.15) is 34.8 Å². The van der Waals surface area contributed by atoms with Crippen LogP contribution < -0.4 is 10.1 Å². The Balaban J connectivity index is 1.74. The number of nitrogens with one attached hydrogen (secondary N) is 1. The summed E-state index contributed by atoms with van der Waals surface area (Å²) < 4.78 is 45.7. The Bertz CT molecular complexity index is 1350. The summed E-state index contributed by atoms with van der Waals surface area (Å²) in [6, 6.07) is 8.02. The zero-order chi connectivity index (χ0) is 26.0. The highest BCUT2D eigenvalue weighted by Crippen LogP contribution is 2.33. The molecule has 0 bridgehead atoms. The number of ether oxygens (including phenoxy) is 1. The zero-order valence-corrected chi connectivity index (χ0v) is 18.8. The van der Waals surface area contributed by atoms with Gasteiger partial charge in [0.05, 0.1) is 22.6 Å². The number of carboxylic acid groups (broad SMARTS) is 1. The van der Waals surface area contributed by atoms with Crippen LogP contribution in [0.2, 0.25) is 0 Å². The molecule has 4 rings (SSSR count). The van der Waals surface area contributed by atoms with E-state index >= 15 is 0 Å². The topological polar surface area (TPSA) is 114 Å². The average molecular weight is 502 g/mol. The van der Waals surface area contributed by atoms with E-state index in [-0.39, 0.29) is 35.8 Å². The second-order valence-electron chi connectivity index (χ2n) is 8.14. The number of anilines is 1. The third-order valence-electron chi connectivity index (χ3n) is 5.79. The van der Waals surface area contributed by atoms with Gasteiger partial charge in [-0.25, -0.2) is 9.78 Å². The van der Waals surface area contributed by atoms with Gasteiger partial charge >= 0.3 is 12.3 Å². The summed E-state index contributed by atoms with van der Waals surface area (Å²) in [5.74, 6) is -1.02. The second kappa shape index (κ2) is 9.72. The molecule has 1 aliphatic rings. The third-order valence-corrected chi connectivity index (χ3v) is 5.79. The molecule has 1 atom stereocenters. The van der Waals surface area contributed by atoms with Gasteiger partial charge in [0.1, 0.15) is 5.75 Å². The van der Waals surface area contributed by atoms with E-state index in [1.54, 1.807) is 15.5 Å². The fourth-order valence-corrected chi connectivity index (χ4v) is 4.21. The van der Waals surface area contributed by atoms with Crippen LogP contribution in [-0.4, -0.2) is 50.6 Å². The van der Waals surface area contributed by atoms with Crippen LogP contribution in [0, 0.1) is 0 Å². The molecule has 0 unspecified atom stereocenters. The minimum absolute atomic E-state index is 0.00232. The summed E-state index contributed by atoms with van der Waals surface area (Å²) in [4.78, 5) is 42.0. The monoisotopic (exact) mass is 502 g/mol. The number of imidazole rings is 1. The number of hydrogen-bond donors (Lipinski definition) is 2. The summed E-state index contributed by atoms with van der Waals surface area (Å²) in [7, 11) is 0. The van der Waals surface area contributed by atoms with Crippen molar-refractivity contribution in [1.29, 1.82) is 0 Å². The Morgan fingerprint density at radius 2 is 1.97 bits per heavy atom. The number of benzene rings is 2. The van der Waals surface area contributed by atoms with E-state index in [4.69, 9.17) is 5.11 Å². The van der Waals surface area contributed by atoms with Crippen molar-refractivity contribution in [2.45, 2.75) is 25.1 Å². The van der Waals surface area contributed by atoms with Crippen LogP contribution in [0.5, 0.6) is 5.75 Å². The number of carbonyl (C=O) groups excluding carboxylic acids is 2. The van der Waals surface area contributed by atoms with Gasteiger partial charge in [0.2, 0.25) is 11.9 Å². The number of piperidine rings is 1. The summed E-state index contributed by atoms with van der Waals surface area (Å²) in [5.41, 5.74) is -0.374. The first-order valence-electron chi connectivity index (χ1n) is 10.9. The van der Waals surface area contributed by atoms with Crippen molar-refractivity contribution in [2.75, 3.05) is 18.4 Å². The molecule has 2 heterocycles. The summed E-state index contributed by atoms with van der Waals surface area (Å²) in [6.07, 6.45) is -3.64.